The largest absolute Gasteiger partial charge is 0.573 e. The van der Waals surface area contributed by atoms with Gasteiger partial charge >= 0.3 is 12.4 Å². The molecule has 0 spiro atoms. The number of anilines is 1. The van der Waals surface area contributed by atoms with Gasteiger partial charge in [-0.25, -0.2) is 4.79 Å². The SMILES string of the molecule is O=C(NCC[C@H]1CCCN1)Nc1ccc(OC(F)(F)F)cc1. The van der Waals surface area contributed by atoms with E-state index in [-0.39, 0.29) is 11.8 Å². The molecule has 1 fully saturated rings. The summed E-state index contributed by atoms with van der Waals surface area (Å²) in [5.41, 5.74) is 0.394. The molecule has 2 amide bonds. The Morgan fingerprint density at radius 2 is 2.05 bits per heavy atom. The van der Waals surface area contributed by atoms with Gasteiger partial charge in [0.15, 0.2) is 0 Å². The van der Waals surface area contributed by atoms with E-state index >= 15 is 0 Å². The standard InChI is InChI=1S/C14H18F3N3O2/c15-14(16,17)22-12-5-3-11(4-6-12)20-13(21)19-9-7-10-2-1-8-18-10/h3-6,10,18H,1-2,7-9H2,(H2,19,20,21)/t10-/m1/s1. The molecule has 1 aromatic rings. The molecule has 0 aromatic heterocycles. The first-order chi connectivity index (χ1) is 10.4. The van der Waals surface area contributed by atoms with E-state index in [0.717, 1.165) is 37.9 Å². The highest BCUT2D eigenvalue weighted by molar-refractivity contribution is 5.89. The number of carbonyl (C=O) groups excluding carboxylic acids is 1. The summed E-state index contributed by atoms with van der Waals surface area (Å²) in [5.74, 6) is -0.328. The molecule has 1 heterocycles. The summed E-state index contributed by atoms with van der Waals surface area (Å²) >= 11 is 0. The summed E-state index contributed by atoms with van der Waals surface area (Å²) in [6.07, 6.45) is -1.60. The van der Waals surface area contributed by atoms with Crippen molar-refractivity contribution < 1.29 is 22.7 Å². The maximum atomic E-state index is 12.0. The monoisotopic (exact) mass is 317 g/mol. The minimum absolute atomic E-state index is 0.328. The van der Waals surface area contributed by atoms with Gasteiger partial charge in [0.2, 0.25) is 0 Å². The number of carbonyl (C=O) groups is 1. The summed E-state index contributed by atoms with van der Waals surface area (Å²) < 4.78 is 39.8. The number of nitrogens with one attached hydrogen (secondary N) is 3. The van der Waals surface area contributed by atoms with Crippen LogP contribution in [0.1, 0.15) is 19.3 Å². The molecular weight excluding hydrogens is 299 g/mol. The molecule has 5 nitrogen and oxygen atoms in total. The fraction of sp³-hybridized carbons (Fsp3) is 0.500. The lowest BCUT2D eigenvalue weighted by Crippen LogP contribution is -2.33. The quantitative estimate of drug-likeness (QED) is 0.782. The average Bonchev–Trinajstić information content (AvgIpc) is 2.92. The van der Waals surface area contributed by atoms with E-state index in [1.807, 2.05) is 0 Å². The Hall–Kier alpha value is -1.96. The van der Waals surface area contributed by atoms with Gasteiger partial charge in [0.25, 0.3) is 0 Å². The van der Waals surface area contributed by atoms with Gasteiger partial charge in [-0.15, -0.1) is 13.2 Å². The number of hydrogen-bond donors (Lipinski definition) is 3. The van der Waals surface area contributed by atoms with Gasteiger partial charge in [-0.2, -0.15) is 0 Å². The van der Waals surface area contributed by atoms with Crippen LogP contribution in [0.25, 0.3) is 0 Å². The Kier molecular flexibility index (Phi) is 5.48. The predicted octanol–water partition coefficient (Wildman–Crippen LogP) is 2.85. The van der Waals surface area contributed by atoms with Gasteiger partial charge in [-0.3, -0.25) is 0 Å². The number of benzene rings is 1. The molecule has 0 radical (unpaired) electrons. The highest BCUT2D eigenvalue weighted by Gasteiger charge is 2.30. The molecule has 1 aromatic carbocycles. The van der Waals surface area contributed by atoms with E-state index in [2.05, 4.69) is 20.7 Å². The zero-order valence-electron chi connectivity index (χ0n) is 11.9. The molecule has 1 aliphatic rings. The molecule has 1 saturated heterocycles. The van der Waals surface area contributed by atoms with Crippen LogP contribution in [-0.2, 0) is 0 Å². The summed E-state index contributed by atoms with van der Waals surface area (Å²) in [7, 11) is 0. The Balaban J connectivity index is 1.71. The average molecular weight is 317 g/mol. The zero-order valence-corrected chi connectivity index (χ0v) is 11.9. The third-order valence-corrected chi connectivity index (χ3v) is 3.29. The topological polar surface area (TPSA) is 62.4 Å². The first-order valence-corrected chi connectivity index (χ1v) is 7.06. The highest BCUT2D eigenvalue weighted by Crippen LogP contribution is 2.23. The Morgan fingerprint density at radius 1 is 1.32 bits per heavy atom. The minimum Gasteiger partial charge on any atom is -0.406 e. The van der Waals surface area contributed by atoms with Crippen molar-refractivity contribution in [3.8, 4) is 5.75 Å². The van der Waals surface area contributed by atoms with Crippen molar-refractivity contribution in [3.05, 3.63) is 24.3 Å². The van der Waals surface area contributed by atoms with Crippen molar-refractivity contribution in [1.29, 1.82) is 0 Å². The second-order valence-corrected chi connectivity index (χ2v) is 5.04. The van der Waals surface area contributed by atoms with Gasteiger partial charge < -0.3 is 20.7 Å². The Labute approximate surface area is 126 Å². The highest BCUT2D eigenvalue weighted by atomic mass is 19.4. The third-order valence-electron chi connectivity index (χ3n) is 3.29. The lowest BCUT2D eigenvalue weighted by molar-refractivity contribution is -0.274. The van der Waals surface area contributed by atoms with Gasteiger partial charge in [0.1, 0.15) is 5.75 Å². The van der Waals surface area contributed by atoms with Gasteiger partial charge in [-0.1, -0.05) is 0 Å². The molecule has 1 atom stereocenters. The molecule has 0 saturated carbocycles. The van der Waals surface area contributed by atoms with Crippen LogP contribution in [0.2, 0.25) is 0 Å². The number of amides is 2. The maximum Gasteiger partial charge on any atom is 0.573 e. The molecule has 3 N–H and O–H groups in total. The van der Waals surface area contributed by atoms with Crippen molar-refractivity contribution >= 4 is 11.7 Å². The summed E-state index contributed by atoms with van der Waals surface area (Å²) in [4.78, 5) is 11.6. The van der Waals surface area contributed by atoms with Crippen LogP contribution in [-0.4, -0.2) is 31.5 Å². The van der Waals surface area contributed by atoms with Gasteiger partial charge in [0.05, 0.1) is 0 Å². The first-order valence-electron chi connectivity index (χ1n) is 7.06. The lowest BCUT2D eigenvalue weighted by atomic mass is 10.1. The van der Waals surface area contributed by atoms with Gasteiger partial charge in [0, 0.05) is 18.3 Å². The van der Waals surface area contributed by atoms with E-state index in [9.17, 15) is 18.0 Å². The lowest BCUT2D eigenvalue weighted by Gasteiger charge is -2.12. The van der Waals surface area contributed by atoms with Crippen molar-refractivity contribution in [1.82, 2.24) is 10.6 Å². The van der Waals surface area contributed by atoms with E-state index < -0.39 is 6.36 Å². The van der Waals surface area contributed by atoms with Crippen LogP contribution in [0.5, 0.6) is 5.75 Å². The molecule has 0 bridgehead atoms. The molecule has 2 rings (SSSR count). The molecule has 8 heteroatoms. The van der Waals surface area contributed by atoms with Crippen molar-refractivity contribution in [2.75, 3.05) is 18.4 Å². The number of ether oxygens (including phenoxy) is 1. The van der Waals surface area contributed by atoms with E-state index in [1.165, 1.54) is 12.1 Å². The number of alkyl halides is 3. The fourth-order valence-electron chi connectivity index (χ4n) is 2.28. The summed E-state index contributed by atoms with van der Waals surface area (Å²) in [5, 5.41) is 8.59. The number of rotatable bonds is 5. The van der Waals surface area contributed by atoms with E-state index in [0.29, 0.717) is 18.3 Å². The second kappa shape index (κ2) is 7.35. The molecule has 22 heavy (non-hydrogen) atoms. The van der Waals surface area contributed by atoms with Crippen LogP contribution in [0.3, 0.4) is 0 Å². The summed E-state index contributed by atoms with van der Waals surface area (Å²) in [6, 6.07) is 5.04. The predicted molar refractivity (Wildman–Crippen MR) is 75.8 cm³/mol. The number of urea groups is 1. The Morgan fingerprint density at radius 3 is 2.64 bits per heavy atom. The van der Waals surface area contributed by atoms with Crippen LogP contribution in [0, 0.1) is 0 Å². The molecule has 0 aliphatic carbocycles. The number of hydrogen-bond acceptors (Lipinski definition) is 3. The van der Waals surface area contributed by atoms with Crippen LogP contribution in [0.4, 0.5) is 23.7 Å². The molecule has 122 valence electrons. The van der Waals surface area contributed by atoms with Crippen molar-refractivity contribution in [2.45, 2.75) is 31.7 Å². The third kappa shape index (κ3) is 5.80. The van der Waals surface area contributed by atoms with Crippen molar-refractivity contribution in [2.24, 2.45) is 0 Å². The van der Waals surface area contributed by atoms with E-state index in [1.54, 1.807) is 0 Å². The van der Waals surface area contributed by atoms with Crippen LogP contribution in [0.15, 0.2) is 24.3 Å². The van der Waals surface area contributed by atoms with E-state index in [4.69, 9.17) is 0 Å². The van der Waals surface area contributed by atoms with Crippen molar-refractivity contribution in [3.63, 3.8) is 0 Å². The van der Waals surface area contributed by atoms with Crippen LogP contribution >= 0.6 is 0 Å². The van der Waals surface area contributed by atoms with Crippen LogP contribution < -0.4 is 20.7 Å². The maximum absolute atomic E-state index is 12.0. The summed E-state index contributed by atoms with van der Waals surface area (Å²) in [6.45, 7) is 1.56. The molecule has 1 aliphatic heterocycles. The molecule has 0 unspecified atom stereocenters. The smallest absolute Gasteiger partial charge is 0.406 e. The molecular formula is C14H18F3N3O2. The fourth-order valence-corrected chi connectivity index (χ4v) is 2.28. The van der Waals surface area contributed by atoms with Gasteiger partial charge in [-0.05, 0) is 50.1 Å². The zero-order chi connectivity index (χ0) is 16.0. The number of halogens is 3. The second-order valence-electron chi connectivity index (χ2n) is 5.04. The minimum atomic E-state index is -4.72. The normalized spacial score (nSPS) is 18.0. The Bertz CT molecular complexity index is 485. The first kappa shape index (κ1) is 16.4.